The summed E-state index contributed by atoms with van der Waals surface area (Å²) in [6.45, 7) is 5.10. The number of hydrogen-bond acceptors (Lipinski definition) is 6. The Hall–Kier alpha value is -1.59. The first-order chi connectivity index (χ1) is 7.26. The molecule has 0 atom stereocenters. The van der Waals surface area contributed by atoms with Gasteiger partial charge in [-0.1, -0.05) is 13.8 Å². The Morgan fingerprint density at radius 2 is 1.40 bits per heavy atom. The van der Waals surface area contributed by atoms with Crippen molar-refractivity contribution in [2.24, 2.45) is 0 Å². The van der Waals surface area contributed by atoms with Crippen molar-refractivity contribution in [3.63, 3.8) is 0 Å². The van der Waals surface area contributed by atoms with Crippen molar-refractivity contribution in [2.45, 2.75) is 26.7 Å². The first-order valence-electron chi connectivity index (χ1n) is 5.03. The molecule has 0 bridgehead atoms. The van der Waals surface area contributed by atoms with Gasteiger partial charge in [-0.05, 0) is 12.8 Å². The SMILES string of the molecule is CCCOc1nc(N)nc(OCCC)n1. The van der Waals surface area contributed by atoms with Crippen LogP contribution < -0.4 is 15.2 Å². The van der Waals surface area contributed by atoms with Gasteiger partial charge in [0.2, 0.25) is 5.95 Å². The van der Waals surface area contributed by atoms with E-state index in [9.17, 15) is 0 Å². The molecule has 6 heteroatoms. The lowest BCUT2D eigenvalue weighted by atomic mass is 10.5. The van der Waals surface area contributed by atoms with E-state index >= 15 is 0 Å². The summed E-state index contributed by atoms with van der Waals surface area (Å²) < 4.78 is 10.5. The van der Waals surface area contributed by atoms with Crippen molar-refractivity contribution in [1.82, 2.24) is 15.0 Å². The number of rotatable bonds is 6. The van der Waals surface area contributed by atoms with Crippen LogP contribution in [0.4, 0.5) is 5.95 Å². The van der Waals surface area contributed by atoms with E-state index in [1.165, 1.54) is 0 Å². The summed E-state index contributed by atoms with van der Waals surface area (Å²) in [5.41, 5.74) is 5.48. The van der Waals surface area contributed by atoms with Gasteiger partial charge in [0, 0.05) is 0 Å². The lowest BCUT2D eigenvalue weighted by Crippen LogP contribution is -2.07. The monoisotopic (exact) mass is 212 g/mol. The zero-order valence-corrected chi connectivity index (χ0v) is 9.06. The van der Waals surface area contributed by atoms with Gasteiger partial charge in [-0.25, -0.2) is 0 Å². The van der Waals surface area contributed by atoms with Crippen molar-refractivity contribution in [1.29, 1.82) is 0 Å². The van der Waals surface area contributed by atoms with Crippen LogP contribution in [-0.4, -0.2) is 28.2 Å². The van der Waals surface area contributed by atoms with Crippen LogP contribution >= 0.6 is 0 Å². The number of nitrogen functional groups attached to an aromatic ring is 1. The maximum atomic E-state index is 5.48. The Bertz CT molecular complexity index is 280. The zero-order chi connectivity index (χ0) is 11.1. The lowest BCUT2D eigenvalue weighted by Gasteiger charge is -2.05. The minimum atomic E-state index is 0.113. The smallest absolute Gasteiger partial charge is 0.324 e. The highest BCUT2D eigenvalue weighted by molar-refractivity contribution is 5.20. The predicted octanol–water partition coefficient (Wildman–Crippen LogP) is 1.03. The van der Waals surface area contributed by atoms with Crippen LogP contribution in [0.2, 0.25) is 0 Å². The van der Waals surface area contributed by atoms with Crippen LogP contribution in [-0.2, 0) is 0 Å². The fraction of sp³-hybridized carbons (Fsp3) is 0.667. The third-order valence-electron chi connectivity index (χ3n) is 1.48. The van der Waals surface area contributed by atoms with Crippen LogP contribution in [0.3, 0.4) is 0 Å². The molecule has 15 heavy (non-hydrogen) atoms. The van der Waals surface area contributed by atoms with Crippen molar-refractivity contribution in [2.75, 3.05) is 18.9 Å². The standard InChI is InChI=1S/C9H16N4O2/c1-3-5-14-8-11-7(10)12-9(13-8)15-6-4-2/h3-6H2,1-2H3,(H2,10,11,12,13). The van der Waals surface area contributed by atoms with Gasteiger partial charge in [0.05, 0.1) is 13.2 Å². The first-order valence-corrected chi connectivity index (χ1v) is 5.03. The van der Waals surface area contributed by atoms with Gasteiger partial charge in [0.15, 0.2) is 0 Å². The van der Waals surface area contributed by atoms with Crippen LogP contribution in [0.1, 0.15) is 26.7 Å². The highest BCUT2D eigenvalue weighted by Crippen LogP contribution is 2.10. The Kier molecular flexibility index (Phi) is 4.59. The number of anilines is 1. The fourth-order valence-electron chi connectivity index (χ4n) is 0.869. The second kappa shape index (κ2) is 6.00. The average Bonchev–Trinajstić information content (AvgIpc) is 2.23. The van der Waals surface area contributed by atoms with E-state index < -0.39 is 0 Å². The summed E-state index contributed by atoms with van der Waals surface area (Å²) in [5.74, 6) is 0.113. The molecule has 84 valence electrons. The van der Waals surface area contributed by atoms with Gasteiger partial charge in [-0.2, -0.15) is 9.97 Å². The molecular formula is C9H16N4O2. The maximum absolute atomic E-state index is 5.48. The lowest BCUT2D eigenvalue weighted by molar-refractivity contribution is 0.262. The van der Waals surface area contributed by atoms with Crippen LogP contribution in [0.5, 0.6) is 12.0 Å². The molecule has 0 aromatic carbocycles. The highest BCUT2D eigenvalue weighted by Gasteiger charge is 2.05. The van der Waals surface area contributed by atoms with E-state index in [4.69, 9.17) is 15.2 Å². The topological polar surface area (TPSA) is 83.2 Å². The van der Waals surface area contributed by atoms with E-state index in [0.717, 1.165) is 12.8 Å². The van der Waals surface area contributed by atoms with E-state index in [2.05, 4.69) is 15.0 Å². The molecule has 0 fully saturated rings. The summed E-state index contributed by atoms with van der Waals surface area (Å²) in [4.78, 5) is 11.6. The molecule has 1 aromatic rings. The predicted molar refractivity (Wildman–Crippen MR) is 55.8 cm³/mol. The molecule has 1 rings (SSSR count). The van der Waals surface area contributed by atoms with Gasteiger partial charge >= 0.3 is 12.0 Å². The Morgan fingerprint density at radius 1 is 0.933 bits per heavy atom. The van der Waals surface area contributed by atoms with E-state index in [-0.39, 0.29) is 18.0 Å². The molecule has 2 N–H and O–H groups in total. The zero-order valence-electron chi connectivity index (χ0n) is 9.06. The Labute approximate surface area is 88.8 Å². The van der Waals surface area contributed by atoms with Gasteiger partial charge in [0.25, 0.3) is 0 Å². The van der Waals surface area contributed by atoms with Crippen molar-refractivity contribution in [3.05, 3.63) is 0 Å². The first kappa shape index (κ1) is 11.5. The van der Waals surface area contributed by atoms with E-state index in [1.54, 1.807) is 0 Å². The van der Waals surface area contributed by atoms with Crippen LogP contribution in [0.25, 0.3) is 0 Å². The minimum Gasteiger partial charge on any atom is -0.463 e. The molecule has 0 radical (unpaired) electrons. The molecule has 0 unspecified atom stereocenters. The summed E-state index contributed by atoms with van der Waals surface area (Å²) in [5, 5.41) is 0. The number of hydrogen-bond donors (Lipinski definition) is 1. The van der Waals surface area contributed by atoms with Gasteiger partial charge in [-0.3, -0.25) is 0 Å². The molecule has 0 aliphatic rings. The average molecular weight is 212 g/mol. The molecule has 0 saturated carbocycles. The van der Waals surface area contributed by atoms with E-state index in [1.807, 2.05) is 13.8 Å². The number of nitrogens with zero attached hydrogens (tertiary/aromatic N) is 3. The van der Waals surface area contributed by atoms with Crippen LogP contribution in [0, 0.1) is 0 Å². The third-order valence-corrected chi connectivity index (χ3v) is 1.48. The van der Waals surface area contributed by atoms with Gasteiger partial charge in [-0.15, -0.1) is 4.98 Å². The summed E-state index contributed by atoms with van der Waals surface area (Å²) in [6, 6.07) is 0.436. The van der Waals surface area contributed by atoms with Crippen LogP contribution in [0.15, 0.2) is 0 Å². The van der Waals surface area contributed by atoms with Gasteiger partial charge < -0.3 is 15.2 Å². The molecular weight excluding hydrogens is 196 g/mol. The second-order valence-electron chi connectivity index (χ2n) is 2.96. The normalized spacial score (nSPS) is 10.0. The van der Waals surface area contributed by atoms with Crippen molar-refractivity contribution in [3.8, 4) is 12.0 Å². The summed E-state index contributed by atoms with van der Waals surface area (Å²) in [7, 11) is 0. The largest absolute Gasteiger partial charge is 0.463 e. The molecule has 1 heterocycles. The molecule has 0 saturated heterocycles. The maximum Gasteiger partial charge on any atom is 0.324 e. The third kappa shape index (κ3) is 3.97. The van der Waals surface area contributed by atoms with E-state index in [0.29, 0.717) is 13.2 Å². The molecule has 0 aliphatic carbocycles. The quantitative estimate of drug-likeness (QED) is 0.758. The highest BCUT2D eigenvalue weighted by atomic mass is 16.5. The molecule has 6 nitrogen and oxygen atoms in total. The summed E-state index contributed by atoms with van der Waals surface area (Å²) in [6.07, 6.45) is 1.77. The molecule has 1 aromatic heterocycles. The Morgan fingerprint density at radius 3 is 1.80 bits per heavy atom. The number of ether oxygens (including phenoxy) is 2. The summed E-state index contributed by atoms with van der Waals surface area (Å²) >= 11 is 0. The van der Waals surface area contributed by atoms with Gasteiger partial charge in [0.1, 0.15) is 0 Å². The second-order valence-corrected chi connectivity index (χ2v) is 2.96. The molecule has 0 amide bonds. The number of nitrogens with two attached hydrogens (primary N) is 1. The fourth-order valence-corrected chi connectivity index (χ4v) is 0.869. The van der Waals surface area contributed by atoms with Crippen molar-refractivity contribution >= 4 is 5.95 Å². The Balaban J connectivity index is 2.66. The van der Waals surface area contributed by atoms with Crippen molar-refractivity contribution < 1.29 is 9.47 Å². The molecule has 0 aliphatic heterocycles. The molecule has 0 spiro atoms. The minimum absolute atomic E-state index is 0.113. The number of aromatic nitrogens is 3.